The lowest BCUT2D eigenvalue weighted by Crippen LogP contribution is -2.40. The number of hydrogen-bond donors (Lipinski definition) is 1. The molecule has 19 heavy (non-hydrogen) atoms. The van der Waals surface area contributed by atoms with E-state index in [1.165, 1.54) is 0 Å². The van der Waals surface area contributed by atoms with Gasteiger partial charge in [0.25, 0.3) is 5.56 Å². The van der Waals surface area contributed by atoms with Crippen LogP contribution in [0.4, 0.5) is 13.2 Å². The van der Waals surface area contributed by atoms with Crippen molar-refractivity contribution in [1.29, 1.82) is 0 Å². The van der Waals surface area contributed by atoms with E-state index >= 15 is 0 Å². The van der Waals surface area contributed by atoms with E-state index in [9.17, 15) is 18.0 Å². The summed E-state index contributed by atoms with van der Waals surface area (Å²) in [4.78, 5) is 11.6. The number of nitrogens with one attached hydrogen (secondary N) is 1. The summed E-state index contributed by atoms with van der Waals surface area (Å²) in [5.41, 5.74) is -1.22. The van der Waals surface area contributed by atoms with Crippen LogP contribution in [-0.2, 0) is 12.7 Å². The molecule has 0 radical (unpaired) electrons. The Bertz CT molecular complexity index is 466. The zero-order valence-electron chi connectivity index (χ0n) is 11.3. The van der Waals surface area contributed by atoms with Crippen molar-refractivity contribution in [2.24, 2.45) is 5.92 Å². The number of hydrogen-bond acceptors (Lipinski definition) is 2. The van der Waals surface area contributed by atoms with Crippen LogP contribution in [0, 0.1) is 5.92 Å². The molecule has 1 heterocycles. The Balaban J connectivity index is 3.02. The van der Waals surface area contributed by atoms with Gasteiger partial charge in [0.15, 0.2) is 0 Å². The van der Waals surface area contributed by atoms with Gasteiger partial charge < -0.3 is 9.88 Å². The number of rotatable bonds is 5. The van der Waals surface area contributed by atoms with Gasteiger partial charge in [0, 0.05) is 24.8 Å². The molecule has 0 saturated heterocycles. The first-order valence-corrected chi connectivity index (χ1v) is 6.26. The topological polar surface area (TPSA) is 34.0 Å². The summed E-state index contributed by atoms with van der Waals surface area (Å²) in [6, 6.07) is 1.74. The molecular formula is C13H19F3N2O. The zero-order chi connectivity index (χ0) is 14.6. The Morgan fingerprint density at radius 1 is 1.32 bits per heavy atom. The fourth-order valence-electron chi connectivity index (χ4n) is 1.83. The molecule has 0 amide bonds. The SMILES string of the molecule is CCNC(Cn1cc(C(F)(F)F)ccc1=O)C(C)C. The van der Waals surface area contributed by atoms with Crippen LogP contribution in [0.25, 0.3) is 0 Å². The fraction of sp³-hybridized carbons (Fsp3) is 0.615. The highest BCUT2D eigenvalue weighted by molar-refractivity contribution is 5.13. The Hall–Kier alpha value is -1.30. The molecule has 0 aliphatic rings. The van der Waals surface area contributed by atoms with Gasteiger partial charge in [-0.1, -0.05) is 20.8 Å². The first-order valence-electron chi connectivity index (χ1n) is 6.26. The van der Waals surface area contributed by atoms with Crippen molar-refractivity contribution in [2.75, 3.05) is 6.54 Å². The van der Waals surface area contributed by atoms with Crippen LogP contribution < -0.4 is 10.9 Å². The fourth-order valence-corrected chi connectivity index (χ4v) is 1.83. The van der Waals surface area contributed by atoms with Gasteiger partial charge >= 0.3 is 6.18 Å². The summed E-state index contributed by atoms with van der Waals surface area (Å²) in [6.45, 7) is 6.78. The van der Waals surface area contributed by atoms with E-state index in [1.54, 1.807) is 0 Å². The minimum Gasteiger partial charge on any atom is -0.313 e. The van der Waals surface area contributed by atoms with Crippen LogP contribution in [0.15, 0.2) is 23.1 Å². The van der Waals surface area contributed by atoms with Crippen LogP contribution in [0.3, 0.4) is 0 Å². The highest BCUT2D eigenvalue weighted by Gasteiger charge is 2.31. The molecule has 0 bridgehead atoms. The molecule has 0 aliphatic heterocycles. The van der Waals surface area contributed by atoms with Gasteiger partial charge in [0.1, 0.15) is 0 Å². The summed E-state index contributed by atoms with van der Waals surface area (Å²) in [5.74, 6) is 0.224. The summed E-state index contributed by atoms with van der Waals surface area (Å²) in [5, 5.41) is 3.17. The van der Waals surface area contributed by atoms with Crippen molar-refractivity contribution in [1.82, 2.24) is 9.88 Å². The van der Waals surface area contributed by atoms with Crippen molar-refractivity contribution in [2.45, 2.75) is 39.5 Å². The second-order valence-corrected chi connectivity index (χ2v) is 4.81. The lowest BCUT2D eigenvalue weighted by atomic mass is 10.0. The number of aromatic nitrogens is 1. The Morgan fingerprint density at radius 2 is 1.95 bits per heavy atom. The molecule has 1 atom stereocenters. The van der Waals surface area contributed by atoms with Crippen molar-refractivity contribution < 1.29 is 13.2 Å². The summed E-state index contributed by atoms with van der Waals surface area (Å²) in [7, 11) is 0. The molecular weight excluding hydrogens is 257 g/mol. The van der Waals surface area contributed by atoms with Crippen molar-refractivity contribution in [3.8, 4) is 0 Å². The molecule has 0 aliphatic carbocycles. The molecule has 0 saturated carbocycles. The van der Waals surface area contributed by atoms with Gasteiger partial charge in [0.05, 0.1) is 5.56 Å². The van der Waals surface area contributed by atoms with Crippen LogP contribution in [-0.4, -0.2) is 17.2 Å². The Labute approximate surface area is 110 Å². The molecule has 1 aromatic rings. The van der Waals surface area contributed by atoms with Crippen LogP contribution in [0.1, 0.15) is 26.3 Å². The van der Waals surface area contributed by atoms with E-state index in [2.05, 4.69) is 5.32 Å². The third-order valence-electron chi connectivity index (χ3n) is 2.98. The predicted octanol–water partition coefficient (Wildman–Crippen LogP) is 2.50. The summed E-state index contributed by atoms with van der Waals surface area (Å²) in [6.07, 6.45) is -3.55. The highest BCUT2D eigenvalue weighted by Crippen LogP contribution is 2.28. The first kappa shape index (κ1) is 15.8. The standard InChI is InChI=1S/C13H19F3N2O/c1-4-17-11(9(2)3)8-18-7-10(13(14,15)16)5-6-12(18)19/h5-7,9,11,17H,4,8H2,1-3H3. The largest absolute Gasteiger partial charge is 0.417 e. The maximum absolute atomic E-state index is 12.6. The minimum atomic E-state index is -4.43. The number of pyridine rings is 1. The van der Waals surface area contributed by atoms with Crippen molar-refractivity contribution in [3.63, 3.8) is 0 Å². The number of nitrogens with zero attached hydrogens (tertiary/aromatic N) is 1. The van der Waals surface area contributed by atoms with Gasteiger partial charge in [-0.25, -0.2) is 0 Å². The molecule has 1 unspecified atom stereocenters. The molecule has 1 N–H and O–H groups in total. The lowest BCUT2D eigenvalue weighted by Gasteiger charge is -2.23. The smallest absolute Gasteiger partial charge is 0.313 e. The average Bonchev–Trinajstić information content (AvgIpc) is 2.29. The molecule has 1 rings (SSSR count). The Morgan fingerprint density at radius 3 is 2.42 bits per heavy atom. The number of halogens is 3. The molecule has 0 fully saturated rings. The number of likely N-dealkylation sites (N-methyl/N-ethyl adjacent to an activating group) is 1. The lowest BCUT2D eigenvalue weighted by molar-refractivity contribution is -0.138. The van der Waals surface area contributed by atoms with Crippen molar-refractivity contribution in [3.05, 3.63) is 34.2 Å². The highest BCUT2D eigenvalue weighted by atomic mass is 19.4. The predicted molar refractivity (Wildman–Crippen MR) is 68.0 cm³/mol. The minimum absolute atomic E-state index is 0.0359. The zero-order valence-corrected chi connectivity index (χ0v) is 11.3. The molecule has 0 aromatic carbocycles. The third-order valence-corrected chi connectivity index (χ3v) is 2.98. The second kappa shape index (κ2) is 6.23. The van der Waals surface area contributed by atoms with E-state index < -0.39 is 17.3 Å². The molecule has 3 nitrogen and oxygen atoms in total. The van der Waals surface area contributed by atoms with E-state index in [-0.39, 0.29) is 18.5 Å². The van der Waals surface area contributed by atoms with Gasteiger partial charge in [-0.15, -0.1) is 0 Å². The molecule has 1 aromatic heterocycles. The van der Waals surface area contributed by atoms with Gasteiger partial charge in [0.2, 0.25) is 0 Å². The molecule has 6 heteroatoms. The molecule has 0 spiro atoms. The van der Waals surface area contributed by atoms with Gasteiger partial charge in [-0.2, -0.15) is 13.2 Å². The Kier molecular flexibility index (Phi) is 5.17. The third kappa shape index (κ3) is 4.38. The first-order chi connectivity index (χ1) is 8.75. The monoisotopic (exact) mass is 276 g/mol. The summed E-state index contributed by atoms with van der Waals surface area (Å²) < 4.78 is 39.0. The maximum Gasteiger partial charge on any atom is 0.417 e. The van der Waals surface area contributed by atoms with Crippen LogP contribution in [0.2, 0.25) is 0 Å². The van der Waals surface area contributed by atoms with E-state index in [4.69, 9.17) is 0 Å². The van der Waals surface area contributed by atoms with E-state index in [1.807, 2.05) is 20.8 Å². The van der Waals surface area contributed by atoms with Crippen LogP contribution in [0.5, 0.6) is 0 Å². The number of alkyl halides is 3. The van der Waals surface area contributed by atoms with Gasteiger partial charge in [-0.05, 0) is 18.5 Å². The second-order valence-electron chi connectivity index (χ2n) is 4.81. The quantitative estimate of drug-likeness (QED) is 0.896. The normalized spacial score (nSPS) is 13.8. The van der Waals surface area contributed by atoms with Crippen molar-refractivity contribution >= 4 is 0 Å². The maximum atomic E-state index is 12.6. The average molecular weight is 276 g/mol. The molecule has 108 valence electrons. The van der Waals surface area contributed by atoms with E-state index in [0.29, 0.717) is 6.54 Å². The van der Waals surface area contributed by atoms with Crippen LogP contribution >= 0.6 is 0 Å². The summed E-state index contributed by atoms with van der Waals surface area (Å²) >= 11 is 0. The van der Waals surface area contributed by atoms with E-state index in [0.717, 1.165) is 22.9 Å². The van der Waals surface area contributed by atoms with Gasteiger partial charge in [-0.3, -0.25) is 4.79 Å².